The molecule has 1 aliphatic rings. The van der Waals surface area contributed by atoms with Crippen molar-refractivity contribution in [1.82, 2.24) is 9.88 Å². The monoisotopic (exact) mass is 304 g/mol. The number of carbonyl (C=O) groups is 2. The van der Waals surface area contributed by atoms with Crippen molar-refractivity contribution in [2.24, 2.45) is 11.8 Å². The van der Waals surface area contributed by atoms with Crippen LogP contribution in [0.2, 0.25) is 0 Å². The Morgan fingerprint density at radius 1 is 1.36 bits per heavy atom. The van der Waals surface area contributed by atoms with Gasteiger partial charge in [-0.3, -0.25) is 14.4 Å². The number of ketones is 1. The minimum atomic E-state index is -0.417. The van der Waals surface area contributed by atoms with Gasteiger partial charge in [-0.25, -0.2) is 0 Å². The molecule has 0 radical (unpaired) electrons. The third-order valence-corrected chi connectivity index (χ3v) is 4.23. The molecule has 2 heterocycles. The summed E-state index contributed by atoms with van der Waals surface area (Å²) in [5, 5.41) is 0. The van der Waals surface area contributed by atoms with Crippen LogP contribution in [0.25, 0.3) is 0 Å². The van der Waals surface area contributed by atoms with E-state index in [1.54, 1.807) is 11.8 Å². The first kappa shape index (κ1) is 16.5. The van der Waals surface area contributed by atoms with Crippen molar-refractivity contribution < 1.29 is 9.59 Å². The highest BCUT2D eigenvalue weighted by Gasteiger charge is 2.29. The molecule has 120 valence electrons. The summed E-state index contributed by atoms with van der Waals surface area (Å²) in [6.07, 6.45) is 2.07. The van der Waals surface area contributed by atoms with Gasteiger partial charge in [0.15, 0.2) is 5.78 Å². The Bertz CT molecular complexity index is 646. The number of aromatic amines is 1. The Kier molecular flexibility index (Phi) is 4.84. The van der Waals surface area contributed by atoms with E-state index >= 15 is 0 Å². The number of H-pyrrole nitrogens is 1. The summed E-state index contributed by atoms with van der Waals surface area (Å²) in [5.41, 5.74) is 0.565. The summed E-state index contributed by atoms with van der Waals surface area (Å²) < 4.78 is 0. The molecule has 5 nitrogen and oxygen atoms in total. The zero-order chi connectivity index (χ0) is 16.4. The maximum Gasteiger partial charge on any atom is 0.261 e. The zero-order valence-electron chi connectivity index (χ0n) is 13.7. The molecule has 0 unspecified atom stereocenters. The van der Waals surface area contributed by atoms with Crippen LogP contribution in [0.4, 0.5) is 0 Å². The maximum absolute atomic E-state index is 12.6. The Balaban J connectivity index is 2.22. The number of aromatic nitrogens is 1. The number of nitrogens with one attached hydrogen (secondary N) is 1. The Morgan fingerprint density at radius 3 is 2.64 bits per heavy atom. The number of hydrogen-bond acceptors (Lipinski definition) is 3. The molecule has 1 N–H and O–H groups in total. The van der Waals surface area contributed by atoms with Gasteiger partial charge in [0, 0.05) is 24.3 Å². The quantitative estimate of drug-likeness (QED) is 0.868. The molecule has 0 aliphatic carbocycles. The Morgan fingerprint density at radius 2 is 2.05 bits per heavy atom. The lowest BCUT2D eigenvalue weighted by Crippen LogP contribution is -2.34. The van der Waals surface area contributed by atoms with Crippen molar-refractivity contribution in [3.8, 4) is 0 Å². The van der Waals surface area contributed by atoms with E-state index in [-0.39, 0.29) is 17.3 Å². The topological polar surface area (TPSA) is 70.2 Å². The Hall–Kier alpha value is -1.91. The van der Waals surface area contributed by atoms with E-state index in [1.165, 1.54) is 13.0 Å². The average molecular weight is 304 g/mol. The van der Waals surface area contributed by atoms with Gasteiger partial charge in [0.2, 0.25) is 0 Å². The second-order valence-corrected chi connectivity index (χ2v) is 6.64. The van der Waals surface area contributed by atoms with E-state index in [0.717, 1.165) is 12.8 Å². The molecule has 0 bridgehead atoms. The van der Waals surface area contributed by atoms with Gasteiger partial charge in [0.25, 0.3) is 11.5 Å². The number of amides is 1. The van der Waals surface area contributed by atoms with Crippen LogP contribution < -0.4 is 5.56 Å². The third-order valence-electron chi connectivity index (χ3n) is 4.23. The predicted molar refractivity (Wildman–Crippen MR) is 85.3 cm³/mol. The first-order chi connectivity index (χ1) is 10.3. The summed E-state index contributed by atoms with van der Waals surface area (Å²) in [6, 6.07) is 1.44. The molecule has 1 amide bonds. The molecule has 1 aromatic heterocycles. The molecule has 1 fully saturated rings. The van der Waals surface area contributed by atoms with Crippen LogP contribution in [0.5, 0.6) is 0 Å². The molecule has 0 saturated carbocycles. The number of hydrogen-bond donors (Lipinski definition) is 1. The summed E-state index contributed by atoms with van der Waals surface area (Å²) in [7, 11) is 0. The number of rotatable bonds is 4. The number of nitrogens with zero attached hydrogens (tertiary/aromatic N) is 1. The molecule has 5 heteroatoms. The van der Waals surface area contributed by atoms with Gasteiger partial charge in [0.05, 0.1) is 0 Å². The zero-order valence-corrected chi connectivity index (χ0v) is 13.7. The van der Waals surface area contributed by atoms with E-state index < -0.39 is 5.56 Å². The van der Waals surface area contributed by atoms with E-state index in [9.17, 15) is 14.4 Å². The smallest absolute Gasteiger partial charge is 0.261 e. The van der Waals surface area contributed by atoms with Crippen LogP contribution in [0.15, 0.2) is 10.9 Å². The molecular formula is C17H24N2O3. The van der Waals surface area contributed by atoms with E-state index in [2.05, 4.69) is 18.8 Å². The fourth-order valence-corrected chi connectivity index (χ4v) is 3.19. The van der Waals surface area contributed by atoms with Crippen molar-refractivity contribution in [1.29, 1.82) is 0 Å². The first-order valence-electron chi connectivity index (χ1n) is 7.83. The van der Waals surface area contributed by atoms with Crippen molar-refractivity contribution in [3.05, 3.63) is 33.2 Å². The lowest BCUT2D eigenvalue weighted by molar-refractivity contribution is 0.0783. The molecule has 22 heavy (non-hydrogen) atoms. The van der Waals surface area contributed by atoms with Crippen LogP contribution >= 0.6 is 0 Å². The van der Waals surface area contributed by atoms with Gasteiger partial charge in [-0.05, 0) is 44.6 Å². The largest absolute Gasteiger partial charge is 0.338 e. The fourth-order valence-electron chi connectivity index (χ4n) is 3.19. The molecule has 1 saturated heterocycles. The van der Waals surface area contributed by atoms with Crippen molar-refractivity contribution in [2.45, 2.75) is 40.5 Å². The lowest BCUT2D eigenvalue weighted by atomic mass is 9.97. The molecular weight excluding hydrogens is 280 g/mol. The summed E-state index contributed by atoms with van der Waals surface area (Å²) in [5.74, 6) is 0.685. The van der Waals surface area contributed by atoms with Gasteiger partial charge in [0.1, 0.15) is 5.56 Å². The maximum atomic E-state index is 12.6. The van der Waals surface area contributed by atoms with Crippen molar-refractivity contribution >= 4 is 11.7 Å². The average Bonchev–Trinajstić information content (AvgIpc) is 2.85. The van der Waals surface area contributed by atoms with Crippen LogP contribution in [-0.4, -0.2) is 34.7 Å². The highest BCUT2D eigenvalue weighted by Crippen LogP contribution is 2.24. The van der Waals surface area contributed by atoms with Crippen LogP contribution in [-0.2, 0) is 0 Å². The SMILES string of the molecule is CC(=O)c1cc(C(=O)N2CC[C@@H](CC(C)C)C2)c(=O)[nH]c1C. The number of Topliss-reactive ketones (excluding diaryl/α,β-unsaturated/α-hetero) is 1. The lowest BCUT2D eigenvalue weighted by Gasteiger charge is -2.17. The van der Waals surface area contributed by atoms with Crippen molar-refractivity contribution in [2.75, 3.05) is 13.1 Å². The Labute approximate surface area is 130 Å². The highest BCUT2D eigenvalue weighted by atomic mass is 16.2. The van der Waals surface area contributed by atoms with E-state index in [0.29, 0.717) is 36.2 Å². The standard InChI is InChI=1S/C17H24N2O3/c1-10(2)7-13-5-6-19(9-13)17(22)15-8-14(12(4)20)11(3)18-16(15)21/h8,10,13H,5-7,9H2,1-4H3,(H,18,21)/t13-/m0/s1. The molecule has 1 aromatic rings. The van der Waals surface area contributed by atoms with Crippen LogP contribution in [0, 0.1) is 18.8 Å². The van der Waals surface area contributed by atoms with Gasteiger partial charge >= 0.3 is 0 Å². The van der Waals surface area contributed by atoms with Crippen molar-refractivity contribution in [3.63, 3.8) is 0 Å². The number of carbonyl (C=O) groups excluding carboxylic acids is 2. The molecule has 2 rings (SSSR count). The minimum absolute atomic E-state index is 0.0704. The number of likely N-dealkylation sites (tertiary alicyclic amines) is 1. The summed E-state index contributed by atoms with van der Waals surface area (Å²) in [6.45, 7) is 8.83. The first-order valence-corrected chi connectivity index (χ1v) is 7.83. The summed E-state index contributed by atoms with van der Waals surface area (Å²) in [4.78, 5) is 40.6. The minimum Gasteiger partial charge on any atom is -0.338 e. The number of aryl methyl sites for hydroxylation is 1. The van der Waals surface area contributed by atoms with E-state index in [1.807, 2.05) is 0 Å². The van der Waals surface area contributed by atoms with Gasteiger partial charge < -0.3 is 9.88 Å². The van der Waals surface area contributed by atoms with Gasteiger partial charge in [-0.15, -0.1) is 0 Å². The fraction of sp³-hybridized carbons (Fsp3) is 0.588. The van der Waals surface area contributed by atoms with Crippen LogP contribution in [0.3, 0.4) is 0 Å². The predicted octanol–water partition coefficient (Wildman–Crippen LogP) is 2.39. The normalized spacial score (nSPS) is 18.0. The van der Waals surface area contributed by atoms with Crippen LogP contribution in [0.1, 0.15) is 60.0 Å². The molecule has 0 aromatic carbocycles. The summed E-state index contributed by atoms with van der Waals surface area (Å²) >= 11 is 0. The highest BCUT2D eigenvalue weighted by molar-refractivity contribution is 6.00. The van der Waals surface area contributed by atoms with E-state index in [4.69, 9.17) is 0 Å². The molecule has 0 spiro atoms. The molecule has 1 aliphatic heterocycles. The number of pyridine rings is 1. The second-order valence-electron chi connectivity index (χ2n) is 6.64. The third kappa shape index (κ3) is 3.46. The molecule has 1 atom stereocenters. The van der Waals surface area contributed by atoms with Gasteiger partial charge in [-0.2, -0.15) is 0 Å². The second kappa shape index (κ2) is 6.46. The van der Waals surface area contributed by atoms with Gasteiger partial charge in [-0.1, -0.05) is 13.8 Å².